The number of carbonyl (C=O) groups excluding carboxylic acids is 3. The molecule has 1 aromatic heterocycles. The Hall–Kier alpha value is -4.72. The first-order valence-electron chi connectivity index (χ1n) is 13.0. The van der Waals surface area contributed by atoms with Gasteiger partial charge in [0.2, 0.25) is 5.75 Å². The number of ether oxygens (including phenoxy) is 3. The summed E-state index contributed by atoms with van der Waals surface area (Å²) >= 11 is 0. The van der Waals surface area contributed by atoms with Crippen molar-refractivity contribution in [2.45, 2.75) is 45.3 Å². The number of methoxy groups -OCH3 is 1. The Morgan fingerprint density at radius 1 is 0.900 bits per heavy atom. The molecule has 8 nitrogen and oxygen atoms in total. The van der Waals surface area contributed by atoms with Gasteiger partial charge in [-0.15, -0.1) is 0 Å². The fourth-order valence-corrected chi connectivity index (χ4v) is 4.56. The van der Waals surface area contributed by atoms with Crippen molar-refractivity contribution < 1.29 is 28.6 Å². The van der Waals surface area contributed by atoms with Gasteiger partial charge >= 0.3 is 11.9 Å². The van der Waals surface area contributed by atoms with Crippen LogP contribution in [-0.4, -0.2) is 42.1 Å². The third-order valence-corrected chi connectivity index (χ3v) is 6.62. The number of fused-ring (bicyclic) bond motifs is 1. The molecule has 4 aromatic rings. The molecule has 40 heavy (non-hydrogen) atoms. The molecule has 3 aromatic carbocycles. The van der Waals surface area contributed by atoms with Crippen LogP contribution in [0.15, 0.2) is 85.1 Å². The van der Waals surface area contributed by atoms with Crippen molar-refractivity contribution in [3.8, 4) is 11.5 Å². The van der Waals surface area contributed by atoms with E-state index in [4.69, 9.17) is 14.2 Å². The van der Waals surface area contributed by atoms with E-state index >= 15 is 0 Å². The number of rotatable bonds is 10. The predicted octanol–water partition coefficient (Wildman–Crippen LogP) is 5.25. The molecule has 0 aliphatic heterocycles. The maximum absolute atomic E-state index is 13.1. The highest BCUT2D eigenvalue weighted by Gasteiger charge is 2.28. The average Bonchev–Trinajstić information content (AvgIpc) is 2.95. The zero-order valence-corrected chi connectivity index (χ0v) is 22.9. The number of pyridine rings is 1. The molecular formula is C32H32N2O6. The van der Waals surface area contributed by atoms with Crippen molar-refractivity contribution in [1.29, 1.82) is 0 Å². The van der Waals surface area contributed by atoms with E-state index in [0.29, 0.717) is 6.42 Å². The van der Waals surface area contributed by atoms with Gasteiger partial charge in [-0.05, 0) is 42.2 Å². The molecule has 0 unspecified atom stereocenters. The Bertz CT molecular complexity index is 1500. The van der Waals surface area contributed by atoms with Crippen molar-refractivity contribution in [3.05, 3.63) is 102 Å². The fraction of sp³-hybridized carbons (Fsp3) is 0.250. The number of benzene rings is 3. The van der Waals surface area contributed by atoms with Crippen LogP contribution in [0.4, 0.5) is 0 Å². The molecule has 0 saturated carbocycles. The molecule has 4 rings (SSSR count). The first kappa shape index (κ1) is 28.3. The highest BCUT2D eigenvalue weighted by atomic mass is 16.6. The van der Waals surface area contributed by atoms with Gasteiger partial charge in [-0.25, -0.2) is 9.78 Å². The molecule has 206 valence electrons. The van der Waals surface area contributed by atoms with E-state index in [0.717, 1.165) is 21.9 Å². The Balaban J connectivity index is 1.49. The lowest BCUT2D eigenvalue weighted by Crippen LogP contribution is -2.41. The number of hydrogen-bond acceptors (Lipinski definition) is 7. The Kier molecular flexibility index (Phi) is 9.11. The maximum Gasteiger partial charge on any atom is 0.328 e. The number of nitrogens with one attached hydrogen (secondary N) is 1. The van der Waals surface area contributed by atoms with Gasteiger partial charge in [-0.1, -0.05) is 72.8 Å². The second kappa shape index (κ2) is 12.9. The zero-order chi connectivity index (χ0) is 28.6. The second-order valence-corrected chi connectivity index (χ2v) is 9.52. The predicted molar refractivity (Wildman–Crippen MR) is 151 cm³/mol. The standard InChI is InChI=1S/C32H32N2O6/c1-20(34-31(36)29-30(40-22(3)35)28(38-4)16-17-33-29)32(37)39-21(2)27(25-11-6-5-7-12-25)19-23-14-15-24-10-8-9-13-26(24)18-23/h5-18,20-21,27H,19H2,1-4H3,(H,34,36)/t20-,21-,27-/m0/s1. The normalized spacial score (nSPS) is 13.1. The van der Waals surface area contributed by atoms with Crippen molar-refractivity contribution in [1.82, 2.24) is 10.3 Å². The van der Waals surface area contributed by atoms with Crippen LogP contribution < -0.4 is 14.8 Å². The van der Waals surface area contributed by atoms with Gasteiger partial charge in [0.15, 0.2) is 11.4 Å². The van der Waals surface area contributed by atoms with Crippen LogP contribution in [0, 0.1) is 0 Å². The van der Waals surface area contributed by atoms with Crippen LogP contribution in [-0.2, 0) is 20.7 Å². The third kappa shape index (κ3) is 6.83. The van der Waals surface area contributed by atoms with Crippen LogP contribution in [0.2, 0.25) is 0 Å². The monoisotopic (exact) mass is 540 g/mol. The molecule has 1 N–H and O–H groups in total. The van der Waals surface area contributed by atoms with E-state index in [1.165, 1.54) is 33.2 Å². The molecule has 0 radical (unpaired) electrons. The van der Waals surface area contributed by atoms with Crippen LogP contribution in [0.3, 0.4) is 0 Å². The van der Waals surface area contributed by atoms with E-state index in [-0.39, 0.29) is 23.1 Å². The van der Waals surface area contributed by atoms with E-state index in [1.807, 2.05) is 49.4 Å². The molecule has 3 atom stereocenters. The number of nitrogens with zero attached hydrogens (tertiary/aromatic N) is 1. The molecular weight excluding hydrogens is 508 g/mol. The van der Waals surface area contributed by atoms with Gasteiger partial charge in [0.1, 0.15) is 12.1 Å². The largest absolute Gasteiger partial charge is 0.493 e. The summed E-state index contributed by atoms with van der Waals surface area (Å²) in [7, 11) is 1.38. The lowest BCUT2D eigenvalue weighted by Gasteiger charge is -2.26. The minimum Gasteiger partial charge on any atom is -0.493 e. The minimum absolute atomic E-state index is 0.121. The third-order valence-electron chi connectivity index (χ3n) is 6.62. The Labute approximate surface area is 233 Å². The number of esters is 2. The van der Waals surface area contributed by atoms with Crippen molar-refractivity contribution >= 4 is 28.6 Å². The van der Waals surface area contributed by atoms with E-state index in [1.54, 1.807) is 0 Å². The van der Waals surface area contributed by atoms with Gasteiger partial charge < -0.3 is 19.5 Å². The van der Waals surface area contributed by atoms with Crippen LogP contribution in [0.5, 0.6) is 11.5 Å². The molecule has 1 heterocycles. The molecule has 0 spiro atoms. The summed E-state index contributed by atoms with van der Waals surface area (Å²) in [5.74, 6) is -2.02. The van der Waals surface area contributed by atoms with Crippen molar-refractivity contribution in [2.24, 2.45) is 0 Å². The van der Waals surface area contributed by atoms with Gasteiger partial charge in [-0.2, -0.15) is 0 Å². The summed E-state index contributed by atoms with van der Waals surface area (Å²) in [6.07, 6.45) is 1.51. The summed E-state index contributed by atoms with van der Waals surface area (Å²) in [6.45, 7) is 4.59. The van der Waals surface area contributed by atoms with Gasteiger partial charge in [0.25, 0.3) is 5.91 Å². The zero-order valence-electron chi connectivity index (χ0n) is 22.9. The van der Waals surface area contributed by atoms with Gasteiger partial charge in [0.05, 0.1) is 7.11 Å². The summed E-state index contributed by atoms with van der Waals surface area (Å²) in [4.78, 5) is 41.7. The maximum atomic E-state index is 13.1. The number of hydrogen-bond donors (Lipinski definition) is 1. The minimum atomic E-state index is -0.995. The molecule has 0 aliphatic carbocycles. The topological polar surface area (TPSA) is 104 Å². The summed E-state index contributed by atoms with van der Waals surface area (Å²) in [5, 5.41) is 4.90. The first-order chi connectivity index (χ1) is 19.3. The van der Waals surface area contributed by atoms with Crippen molar-refractivity contribution in [2.75, 3.05) is 7.11 Å². The number of amides is 1. The van der Waals surface area contributed by atoms with Gasteiger partial charge in [0, 0.05) is 25.1 Å². The van der Waals surface area contributed by atoms with E-state index in [2.05, 4.69) is 40.6 Å². The summed E-state index contributed by atoms with van der Waals surface area (Å²) in [6, 6.07) is 24.9. The fourth-order valence-electron chi connectivity index (χ4n) is 4.56. The summed E-state index contributed by atoms with van der Waals surface area (Å²) in [5.41, 5.74) is 1.99. The first-order valence-corrected chi connectivity index (χ1v) is 13.0. The molecule has 0 saturated heterocycles. The van der Waals surface area contributed by atoms with Crippen LogP contribution in [0.1, 0.15) is 48.3 Å². The smallest absolute Gasteiger partial charge is 0.328 e. The molecule has 0 bridgehead atoms. The quantitative estimate of drug-likeness (QED) is 0.274. The highest BCUT2D eigenvalue weighted by molar-refractivity contribution is 5.98. The highest BCUT2D eigenvalue weighted by Crippen LogP contribution is 2.30. The lowest BCUT2D eigenvalue weighted by atomic mass is 9.87. The van der Waals surface area contributed by atoms with Crippen molar-refractivity contribution in [3.63, 3.8) is 0 Å². The van der Waals surface area contributed by atoms with Crippen LogP contribution >= 0.6 is 0 Å². The molecule has 0 aliphatic rings. The Morgan fingerprint density at radius 2 is 1.60 bits per heavy atom. The molecule has 8 heteroatoms. The molecule has 1 amide bonds. The molecule has 0 fully saturated rings. The SMILES string of the molecule is COc1ccnc(C(=O)N[C@@H](C)C(=O)O[C@@H](C)[C@H](Cc2ccc3ccccc3c2)c2ccccc2)c1OC(C)=O. The van der Waals surface area contributed by atoms with Gasteiger partial charge in [-0.3, -0.25) is 9.59 Å². The second-order valence-electron chi connectivity index (χ2n) is 9.52. The van der Waals surface area contributed by atoms with E-state index in [9.17, 15) is 14.4 Å². The average molecular weight is 541 g/mol. The lowest BCUT2D eigenvalue weighted by molar-refractivity contribution is -0.151. The van der Waals surface area contributed by atoms with Crippen LogP contribution in [0.25, 0.3) is 10.8 Å². The number of carbonyl (C=O) groups is 3. The number of aromatic nitrogens is 1. The summed E-state index contributed by atoms with van der Waals surface area (Å²) < 4.78 is 16.2. The Morgan fingerprint density at radius 3 is 2.30 bits per heavy atom. The van der Waals surface area contributed by atoms with E-state index < -0.39 is 30.0 Å².